The van der Waals surface area contributed by atoms with E-state index in [1.807, 2.05) is 23.9 Å². The van der Waals surface area contributed by atoms with Crippen LogP contribution in [-0.2, 0) is 0 Å². The first kappa shape index (κ1) is 9.93. The smallest absolute Gasteiger partial charge is 0.121 e. The maximum atomic E-state index is 5.16. The van der Waals surface area contributed by atoms with Gasteiger partial charge >= 0.3 is 0 Å². The normalized spacial score (nSPS) is 14.6. The molecule has 2 nitrogen and oxygen atoms in total. The molecule has 0 bridgehead atoms. The summed E-state index contributed by atoms with van der Waals surface area (Å²) in [6, 6.07) is 6.03. The lowest BCUT2D eigenvalue weighted by atomic mass is 10.3. The maximum Gasteiger partial charge on any atom is 0.121 e. The third-order valence-electron chi connectivity index (χ3n) is 2.00. The molecule has 0 amide bonds. The van der Waals surface area contributed by atoms with Crippen LogP contribution < -0.4 is 4.74 Å². The average Bonchev–Trinajstić information content (AvgIpc) is 2.27. The number of benzene rings is 1. The Labute approximate surface area is 92.1 Å². The Hall–Kier alpha value is -0.610. The van der Waals surface area contributed by atoms with Gasteiger partial charge in [-0.2, -0.15) is 0 Å². The Kier molecular flexibility index (Phi) is 3.03. The van der Waals surface area contributed by atoms with Crippen LogP contribution in [0.2, 0.25) is 0 Å². The predicted octanol–water partition coefficient (Wildman–Crippen LogP) is 3.19. The summed E-state index contributed by atoms with van der Waals surface area (Å²) in [5, 5.41) is 1.18. The van der Waals surface area contributed by atoms with Crippen molar-refractivity contribution in [2.24, 2.45) is 4.99 Å². The minimum Gasteiger partial charge on any atom is -0.497 e. The molecule has 0 N–H and O–H groups in total. The average molecular weight is 225 g/mol. The van der Waals surface area contributed by atoms with Crippen LogP contribution in [0.15, 0.2) is 28.1 Å². The zero-order valence-electron chi connectivity index (χ0n) is 8.11. The molecule has 0 aliphatic carbocycles. The highest BCUT2D eigenvalue weighted by molar-refractivity contribution is 8.15. The van der Waals surface area contributed by atoms with Crippen LogP contribution in [0, 0.1) is 0 Å². The third kappa shape index (κ3) is 1.91. The second-order valence-electron chi connectivity index (χ2n) is 2.83. The highest BCUT2D eigenvalue weighted by Gasteiger charge is 2.12. The Morgan fingerprint density at radius 1 is 1.50 bits per heavy atom. The standard InChI is InChI=1S/C10H11NOS2/c1-12-7-3-4-9-8(5-7)11-10(13-2)6-14-9/h3-5H,6H2,1-2H3. The summed E-state index contributed by atoms with van der Waals surface area (Å²) in [7, 11) is 1.68. The van der Waals surface area contributed by atoms with Gasteiger partial charge in [-0.3, -0.25) is 0 Å². The SMILES string of the molecule is COc1ccc2c(c1)N=C(SC)CS2. The van der Waals surface area contributed by atoms with Gasteiger partial charge in [-0.15, -0.1) is 23.5 Å². The summed E-state index contributed by atoms with van der Waals surface area (Å²) in [4.78, 5) is 5.79. The molecule has 1 aromatic carbocycles. The molecule has 0 saturated carbocycles. The Morgan fingerprint density at radius 3 is 3.07 bits per heavy atom. The van der Waals surface area contributed by atoms with Gasteiger partial charge < -0.3 is 4.74 Å². The van der Waals surface area contributed by atoms with Crippen LogP contribution in [0.25, 0.3) is 0 Å². The number of nitrogens with zero attached hydrogens (tertiary/aromatic N) is 1. The monoisotopic (exact) mass is 225 g/mol. The molecule has 1 aliphatic rings. The first-order valence-corrected chi connectivity index (χ1v) is 6.47. The number of aliphatic imine (C=N–C) groups is 1. The Balaban J connectivity index is 2.39. The van der Waals surface area contributed by atoms with Crippen molar-refractivity contribution in [1.82, 2.24) is 0 Å². The number of ether oxygens (including phenoxy) is 1. The van der Waals surface area contributed by atoms with Crippen LogP contribution in [0.5, 0.6) is 5.75 Å². The summed E-state index contributed by atoms with van der Waals surface area (Å²) in [6.07, 6.45) is 2.06. The highest BCUT2D eigenvalue weighted by Crippen LogP contribution is 2.37. The second-order valence-corrected chi connectivity index (χ2v) is 4.73. The molecule has 0 atom stereocenters. The van der Waals surface area contributed by atoms with Crippen molar-refractivity contribution in [1.29, 1.82) is 0 Å². The van der Waals surface area contributed by atoms with E-state index in [1.165, 1.54) is 9.94 Å². The fraction of sp³-hybridized carbons (Fsp3) is 0.300. The van der Waals surface area contributed by atoms with Crippen molar-refractivity contribution in [2.45, 2.75) is 4.90 Å². The fourth-order valence-corrected chi connectivity index (χ4v) is 2.84. The second kappa shape index (κ2) is 4.28. The van der Waals surface area contributed by atoms with E-state index in [4.69, 9.17) is 4.74 Å². The molecule has 1 aliphatic heterocycles. The molecule has 0 saturated heterocycles. The van der Waals surface area contributed by atoms with Gasteiger partial charge in [0.2, 0.25) is 0 Å². The first-order chi connectivity index (χ1) is 6.83. The van der Waals surface area contributed by atoms with Crippen molar-refractivity contribution < 1.29 is 4.74 Å². The van der Waals surface area contributed by atoms with Crippen LogP contribution in [0.4, 0.5) is 5.69 Å². The van der Waals surface area contributed by atoms with Crippen LogP contribution in [0.1, 0.15) is 0 Å². The van der Waals surface area contributed by atoms with E-state index in [2.05, 4.69) is 17.3 Å². The fourth-order valence-electron chi connectivity index (χ4n) is 1.24. The summed E-state index contributed by atoms with van der Waals surface area (Å²) < 4.78 is 5.16. The van der Waals surface area contributed by atoms with Crippen LogP contribution >= 0.6 is 23.5 Å². The zero-order chi connectivity index (χ0) is 9.97. The lowest BCUT2D eigenvalue weighted by Crippen LogP contribution is -1.99. The van der Waals surface area contributed by atoms with Crippen molar-refractivity contribution in [3.63, 3.8) is 0 Å². The van der Waals surface area contributed by atoms with Gasteiger partial charge in [-0.05, 0) is 18.4 Å². The summed E-state index contributed by atoms with van der Waals surface area (Å²) >= 11 is 3.54. The van der Waals surface area contributed by atoms with E-state index in [0.717, 1.165) is 17.2 Å². The number of fused-ring (bicyclic) bond motifs is 1. The van der Waals surface area contributed by atoms with Crippen molar-refractivity contribution in [3.05, 3.63) is 18.2 Å². The van der Waals surface area contributed by atoms with Gasteiger partial charge in [0, 0.05) is 16.7 Å². The number of thioether (sulfide) groups is 2. The molecule has 0 spiro atoms. The van der Waals surface area contributed by atoms with Crippen molar-refractivity contribution >= 4 is 34.3 Å². The molecule has 0 unspecified atom stereocenters. The van der Waals surface area contributed by atoms with Gasteiger partial charge in [0.15, 0.2) is 0 Å². The predicted molar refractivity (Wildman–Crippen MR) is 64.3 cm³/mol. The number of hydrogen-bond donors (Lipinski definition) is 0. The molecule has 0 fully saturated rings. The van der Waals surface area contributed by atoms with Crippen molar-refractivity contribution in [3.8, 4) is 5.75 Å². The minimum atomic E-state index is 0.871. The quantitative estimate of drug-likeness (QED) is 0.732. The van der Waals surface area contributed by atoms with Gasteiger partial charge in [0.25, 0.3) is 0 Å². The van der Waals surface area contributed by atoms with E-state index in [-0.39, 0.29) is 0 Å². The summed E-state index contributed by atoms with van der Waals surface area (Å²) in [5.74, 6) is 1.86. The van der Waals surface area contributed by atoms with Gasteiger partial charge in [0.05, 0.1) is 17.8 Å². The molecule has 4 heteroatoms. The first-order valence-electron chi connectivity index (χ1n) is 4.26. The van der Waals surface area contributed by atoms with Crippen LogP contribution in [-0.4, -0.2) is 24.2 Å². The summed E-state index contributed by atoms with van der Waals surface area (Å²) in [6.45, 7) is 0. The van der Waals surface area contributed by atoms with Crippen LogP contribution in [0.3, 0.4) is 0 Å². The highest BCUT2D eigenvalue weighted by atomic mass is 32.2. The molecule has 1 heterocycles. The molecule has 0 aromatic heterocycles. The molecular weight excluding hydrogens is 214 g/mol. The Morgan fingerprint density at radius 2 is 2.36 bits per heavy atom. The van der Waals surface area contributed by atoms with Crippen molar-refractivity contribution in [2.75, 3.05) is 19.1 Å². The molecule has 74 valence electrons. The lowest BCUT2D eigenvalue weighted by Gasteiger charge is -2.14. The summed E-state index contributed by atoms with van der Waals surface area (Å²) in [5.41, 5.74) is 1.03. The maximum absolute atomic E-state index is 5.16. The third-order valence-corrected chi connectivity index (χ3v) is 3.96. The lowest BCUT2D eigenvalue weighted by molar-refractivity contribution is 0.414. The van der Waals surface area contributed by atoms with Gasteiger partial charge in [-0.1, -0.05) is 0 Å². The number of methoxy groups -OCH3 is 1. The molecule has 2 rings (SSSR count). The van der Waals surface area contributed by atoms with E-state index in [9.17, 15) is 0 Å². The molecule has 0 radical (unpaired) electrons. The van der Waals surface area contributed by atoms with E-state index in [1.54, 1.807) is 18.9 Å². The minimum absolute atomic E-state index is 0.871. The Bertz CT molecular complexity index is 376. The largest absolute Gasteiger partial charge is 0.497 e. The van der Waals surface area contributed by atoms with Gasteiger partial charge in [-0.25, -0.2) is 4.99 Å². The van der Waals surface area contributed by atoms with Gasteiger partial charge in [0.1, 0.15) is 5.75 Å². The van der Waals surface area contributed by atoms with E-state index < -0.39 is 0 Å². The molecule has 14 heavy (non-hydrogen) atoms. The molecule has 1 aromatic rings. The van der Waals surface area contributed by atoms with E-state index >= 15 is 0 Å². The number of rotatable bonds is 1. The van der Waals surface area contributed by atoms with E-state index in [0.29, 0.717) is 0 Å². The number of hydrogen-bond acceptors (Lipinski definition) is 4. The zero-order valence-corrected chi connectivity index (χ0v) is 9.74. The molecular formula is C10H11NOS2. The topological polar surface area (TPSA) is 21.6 Å².